The van der Waals surface area contributed by atoms with Gasteiger partial charge in [-0.05, 0) is 36.2 Å². The van der Waals surface area contributed by atoms with Crippen molar-refractivity contribution in [2.45, 2.75) is 44.1 Å². The van der Waals surface area contributed by atoms with Crippen LogP contribution in [0.1, 0.15) is 35.9 Å². The topological polar surface area (TPSA) is 48.1 Å². The van der Waals surface area contributed by atoms with E-state index in [2.05, 4.69) is 0 Å². The third kappa shape index (κ3) is 3.14. The van der Waals surface area contributed by atoms with Crippen LogP contribution < -0.4 is 0 Å². The quantitative estimate of drug-likeness (QED) is 0.491. The third-order valence-corrected chi connectivity index (χ3v) is 5.40. The van der Waals surface area contributed by atoms with E-state index in [0.717, 1.165) is 16.3 Å². The Morgan fingerprint density at radius 1 is 0.821 bits per heavy atom. The van der Waals surface area contributed by atoms with Crippen molar-refractivity contribution in [3.05, 3.63) is 83.9 Å². The molecule has 2 saturated heterocycles. The highest BCUT2D eigenvalue weighted by Crippen LogP contribution is 2.46. The fraction of sp³-hybridized carbons (Fsp3) is 0.292. The number of hydrogen-bond acceptors (Lipinski definition) is 4. The molecule has 2 heterocycles. The minimum atomic E-state index is -0.715. The van der Waals surface area contributed by atoms with Gasteiger partial charge in [0.2, 0.25) is 0 Å². The van der Waals surface area contributed by atoms with Crippen LogP contribution in [0.4, 0.5) is 0 Å². The van der Waals surface area contributed by atoms with E-state index in [4.69, 9.17) is 14.2 Å². The number of hydrogen-bond donors (Lipinski definition) is 0. The molecule has 3 aromatic carbocycles. The molecule has 2 aliphatic rings. The molecular weight excluding hydrogens is 352 g/mol. The lowest BCUT2D eigenvalue weighted by atomic mass is 9.97. The van der Waals surface area contributed by atoms with Crippen LogP contribution in [0.25, 0.3) is 10.8 Å². The van der Waals surface area contributed by atoms with Crippen molar-refractivity contribution in [3.63, 3.8) is 0 Å². The molecule has 0 radical (unpaired) electrons. The van der Waals surface area contributed by atoms with Gasteiger partial charge in [-0.2, -0.15) is 0 Å². The second-order valence-corrected chi connectivity index (χ2v) is 7.88. The summed E-state index contributed by atoms with van der Waals surface area (Å²) in [5, 5.41) is 2.17. The molecule has 4 atom stereocenters. The molecule has 0 unspecified atom stereocenters. The zero-order chi connectivity index (χ0) is 19.3. The first-order valence-corrected chi connectivity index (χ1v) is 9.61. The third-order valence-electron chi connectivity index (χ3n) is 5.40. The minimum absolute atomic E-state index is 0.00382. The van der Waals surface area contributed by atoms with Crippen molar-refractivity contribution in [2.75, 3.05) is 0 Å². The summed E-state index contributed by atoms with van der Waals surface area (Å²) in [6, 6.07) is 23.8. The Balaban J connectivity index is 1.38. The molecule has 0 aliphatic carbocycles. The molecule has 0 amide bonds. The van der Waals surface area contributed by atoms with Crippen molar-refractivity contribution in [1.29, 1.82) is 0 Å². The molecule has 4 nitrogen and oxygen atoms in total. The Kier molecular flexibility index (Phi) is 4.09. The van der Waals surface area contributed by atoms with Gasteiger partial charge in [0.15, 0.2) is 11.6 Å². The second-order valence-electron chi connectivity index (χ2n) is 7.88. The SMILES string of the molecule is CC1(C)O[C@@H]([C@@H]2O[C@H]2C(=O)c2ccc3ccccc3c2)[C@H](c2ccccc2)O1. The maximum absolute atomic E-state index is 13.0. The second kappa shape index (κ2) is 6.52. The van der Waals surface area contributed by atoms with Crippen LogP contribution in [0.15, 0.2) is 72.8 Å². The van der Waals surface area contributed by atoms with Crippen LogP contribution in [0.2, 0.25) is 0 Å². The molecule has 0 aromatic heterocycles. The molecule has 0 spiro atoms. The number of rotatable bonds is 4. The maximum Gasteiger partial charge on any atom is 0.194 e. The van der Waals surface area contributed by atoms with Gasteiger partial charge in [0.25, 0.3) is 0 Å². The predicted molar refractivity (Wildman–Crippen MR) is 106 cm³/mol. The standard InChI is InChI=1S/C24H22O4/c1-24(2)27-20(16-9-4-3-5-10-16)23(28-24)22-21(26-22)19(25)18-13-12-15-8-6-7-11-17(15)14-18/h3-14,20-23H,1-2H3/t20-,21-,22+,23+/m0/s1. The maximum atomic E-state index is 13.0. The highest BCUT2D eigenvalue weighted by Gasteiger charge is 2.58. The van der Waals surface area contributed by atoms with E-state index in [1.165, 1.54) is 0 Å². The molecule has 0 N–H and O–H groups in total. The van der Waals surface area contributed by atoms with Crippen LogP contribution in [-0.2, 0) is 14.2 Å². The van der Waals surface area contributed by atoms with Gasteiger partial charge in [0.05, 0.1) is 0 Å². The summed E-state index contributed by atoms with van der Waals surface area (Å²) in [7, 11) is 0. The smallest absolute Gasteiger partial charge is 0.194 e. The Bertz CT molecular complexity index is 1030. The summed E-state index contributed by atoms with van der Waals surface area (Å²) in [5.74, 6) is -0.718. The molecular formula is C24H22O4. The number of Topliss-reactive ketones (excluding diaryl/α,β-unsaturated/α-hetero) is 1. The first-order valence-electron chi connectivity index (χ1n) is 9.61. The predicted octanol–water partition coefficient (Wildman–Crippen LogP) is 4.68. The van der Waals surface area contributed by atoms with Crippen molar-refractivity contribution in [1.82, 2.24) is 0 Å². The highest BCUT2D eigenvalue weighted by atomic mass is 16.8. The number of benzene rings is 3. The van der Waals surface area contributed by atoms with E-state index in [1.54, 1.807) is 0 Å². The molecule has 0 bridgehead atoms. The van der Waals surface area contributed by atoms with Crippen molar-refractivity contribution < 1.29 is 19.0 Å². The highest BCUT2D eigenvalue weighted by molar-refractivity contribution is 6.04. The van der Waals surface area contributed by atoms with Gasteiger partial charge in [-0.15, -0.1) is 0 Å². The number of fused-ring (bicyclic) bond motifs is 1. The summed E-state index contributed by atoms with van der Waals surface area (Å²) in [6.45, 7) is 3.79. The van der Waals surface area contributed by atoms with Gasteiger partial charge in [-0.1, -0.05) is 66.7 Å². The minimum Gasteiger partial charge on any atom is -0.358 e. The average Bonchev–Trinajstić information content (AvgIpc) is 3.44. The molecule has 4 heteroatoms. The van der Waals surface area contributed by atoms with Gasteiger partial charge in [-0.25, -0.2) is 0 Å². The first kappa shape index (κ1) is 17.6. The lowest BCUT2D eigenvalue weighted by Gasteiger charge is -2.16. The Morgan fingerprint density at radius 3 is 2.32 bits per heavy atom. The van der Waals surface area contributed by atoms with Crippen LogP contribution in [0.5, 0.6) is 0 Å². The normalized spacial score (nSPS) is 28.4. The summed E-state index contributed by atoms with van der Waals surface area (Å²) in [6.07, 6.45) is -1.36. The molecule has 142 valence electrons. The van der Waals surface area contributed by atoms with Crippen LogP contribution in [-0.4, -0.2) is 29.9 Å². The van der Waals surface area contributed by atoms with Crippen LogP contribution in [0.3, 0.4) is 0 Å². The fourth-order valence-electron chi connectivity index (χ4n) is 4.02. The van der Waals surface area contributed by atoms with Gasteiger partial charge < -0.3 is 14.2 Å². The summed E-state index contributed by atoms with van der Waals surface area (Å²) in [5.41, 5.74) is 1.70. The van der Waals surface area contributed by atoms with E-state index >= 15 is 0 Å². The number of epoxide rings is 1. The largest absolute Gasteiger partial charge is 0.358 e. The number of carbonyl (C=O) groups excluding carboxylic acids is 1. The first-order chi connectivity index (χ1) is 13.5. The van der Waals surface area contributed by atoms with Crippen LogP contribution in [0, 0.1) is 0 Å². The van der Waals surface area contributed by atoms with Crippen molar-refractivity contribution >= 4 is 16.6 Å². The Hall–Kier alpha value is -2.53. The number of carbonyl (C=O) groups is 1. The summed E-state index contributed by atoms with van der Waals surface area (Å²) >= 11 is 0. The average molecular weight is 374 g/mol. The monoisotopic (exact) mass is 374 g/mol. The van der Waals surface area contributed by atoms with E-state index < -0.39 is 11.9 Å². The van der Waals surface area contributed by atoms with Gasteiger partial charge in [-0.3, -0.25) is 4.79 Å². The molecule has 0 saturated carbocycles. The van der Waals surface area contributed by atoms with Gasteiger partial charge in [0, 0.05) is 5.56 Å². The number of ether oxygens (including phenoxy) is 3. The lowest BCUT2D eigenvalue weighted by molar-refractivity contribution is -0.148. The Labute approximate surface area is 164 Å². The van der Waals surface area contributed by atoms with E-state index in [0.29, 0.717) is 5.56 Å². The van der Waals surface area contributed by atoms with E-state index in [1.807, 2.05) is 86.6 Å². The summed E-state index contributed by atoms with van der Waals surface area (Å²) < 4.78 is 18.1. The molecule has 2 fully saturated rings. The van der Waals surface area contributed by atoms with Gasteiger partial charge >= 0.3 is 0 Å². The van der Waals surface area contributed by atoms with Crippen molar-refractivity contribution in [3.8, 4) is 0 Å². The van der Waals surface area contributed by atoms with Crippen molar-refractivity contribution in [2.24, 2.45) is 0 Å². The van der Waals surface area contributed by atoms with Crippen LogP contribution >= 0.6 is 0 Å². The zero-order valence-electron chi connectivity index (χ0n) is 15.9. The van der Waals surface area contributed by atoms with Gasteiger partial charge in [0.1, 0.15) is 24.4 Å². The fourth-order valence-corrected chi connectivity index (χ4v) is 4.02. The van der Waals surface area contributed by atoms with E-state index in [-0.39, 0.29) is 24.1 Å². The molecule has 2 aliphatic heterocycles. The number of ketones is 1. The molecule has 28 heavy (non-hydrogen) atoms. The molecule has 3 aromatic rings. The summed E-state index contributed by atoms with van der Waals surface area (Å²) in [4.78, 5) is 13.0. The molecule has 5 rings (SSSR count). The zero-order valence-corrected chi connectivity index (χ0v) is 15.9. The van der Waals surface area contributed by atoms with E-state index in [9.17, 15) is 4.79 Å². The lowest BCUT2D eigenvalue weighted by Crippen LogP contribution is -2.27. The Morgan fingerprint density at radius 2 is 1.54 bits per heavy atom.